The van der Waals surface area contributed by atoms with Crippen LogP contribution in [0.4, 0.5) is 0 Å². The van der Waals surface area contributed by atoms with E-state index in [1.807, 2.05) is 7.05 Å². The fourth-order valence-corrected chi connectivity index (χ4v) is 3.94. The maximum atomic E-state index is 12.5. The second-order valence-corrected chi connectivity index (χ2v) is 8.90. The van der Waals surface area contributed by atoms with Gasteiger partial charge in [0.1, 0.15) is 5.75 Å². The summed E-state index contributed by atoms with van der Waals surface area (Å²) in [5.41, 5.74) is 0.375. The van der Waals surface area contributed by atoms with Gasteiger partial charge in [-0.1, -0.05) is 11.6 Å². The maximum absolute atomic E-state index is 12.5. The van der Waals surface area contributed by atoms with Crippen molar-refractivity contribution in [3.8, 4) is 5.75 Å². The van der Waals surface area contributed by atoms with Crippen molar-refractivity contribution in [2.45, 2.75) is 4.90 Å². The number of sulfone groups is 1. The molecule has 0 aliphatic carbocycles. The molecule has 0 saturated carbocycles. The summed E-state index contributed by atoms with van der Waals surface area (Å²) in [6, 6.07) is 9.25. The molecule has 3 rings (SSSR count). The standard InChI is InChI=1S/C20H22ClN3O4S/c1-23-10-12-24(13-11-23)20(25)15-28-16-4-6-17(7-5-16)29(26,27)14-8-19-18(21)3-2-9-22-19/h2-9,14H,10-13,15H2,1H3/b14-8+. The van der Waals surface area contributed by atoms with E-state index in [1.54, 1.807) is 17.0 Å². The summed E-state index contributed by atoms with van der Waals surface area (Å²) < 4.78 is 30.4. The first-order valence-electron chi connectivity index (χ1n) is 9.08. The second-order valence-electron chi connectivity index (χ2n) is 6.66. The minimum atomic E-state index is -3.66. The first kappa shape index (κ1) is 21.3. The number of piperazine rings is 1. The summed E-state index contributed by atoms with van der Waals surface area (Å²) in [6.45, 7) is 2.98. The van der Waals surface area contributed by atoms with Crippen LogP contribution in [0.25, 0.3) is 6.08 Å². The van der Waals surface area contributed by atoms with Crippen LogP contribution in [0.2, 0.25) is 5.02 Å². The van der Waals surface area contributed by atoms with Crippen LogP contribution in [-0.2, 0) is 14.6 Å². The molecule has 1 saturated heterocycles. The highest BCUT2D eigenvalue weighted by atomic mass is 35.5. The van der Waals surface area contributed by atoms with Crippen molar-refractivity contribution in [2.75, 3.05) is 39.8 Å². The Morgan fingerprint density at radius 2 is 1.86 bits per heavy atom. The minimum Gasteiger partial charge on any atom is -0.484 e. The van der Waals surface area contributed by atoms with Gasteiger partial charge in [-0.15, -0.1) is 0 Å². The highest BCUT2D eigenvalue weighted by Crippen LogP contribution is 2.20. The van der Waals surface area contributed by atoms with Gasteiger partial charge in [-0.3, -0.25) is 9.78 Å². The number of hydrogen-bond acceptors (Lipinski definition) is 6. The number of ether oxygens (including phenoxy) is 1. The van der Waals surface area contributed by atoms with Crippen LogP contribution in [0.5, 0.6) is 5.75 Å². The quantitative estimate of drug-likeness (QED) is 0.692. The van der Waals surface area contributed by atoms with Gasteiger partial charge in [0.25, 0.3) is 5.91 Å². The van der Waals surface area contributed by atoms with Crippen molar-refractivity contribution >= 4 is 33.4 Å². The van der Waals surface area contributed by atoms with Gasteiger partial charge in [-0.05, 0) is 49.5 Å². The van der Waals surface area contributed by atoms with Crippen molar-refractivity contribution in [1.82, 2.24) is 14.8 Å². The lowest BCUT2D eigenvalue weighted by molar-refractivity contribution is -0.134. The molecule has 2 heterocycles. The predicted molar refractivity (Wildman–Crippen MR) is 111 cm³/mol. The van der Waals surface area contributed by atoms with Crippen LogP contribution < -0.4 is 4.74 Å². The molecule has 0 atom stereocenters. The molecule has 9 heteroatoms. The molecule has 0 unspecified atom stereocenters. The molecule has 0 bridgehead atoms. The Balaban J connectivity index is 1.59. The first-order valence-corrected chi connectivity index (χ1v) is 11.0. The summed E-state index contributed by atoms with van der Waals surface area (Å²) in [5.74, 6) is 0.355. The first-order chi connectivity index (χ1) is 13.8. The van der Waals surface area contributed by atoms with E-state index in [0.29, 0.717) is 29.6 Å². The van der Waals surface area contributed by atoms with E-state index in [4.69, 9.17) is 16.3 Å². The van der Waals surface area contributed by atoms with E-state index in [1.165, 1.54) is 36.5 Å². The number of halogens is 1. The predicted octanol–water partition coefficient (Wildman–Crippen LogP) is 2.33. The van der Waals surface area contributed by atoms with Gasteiger partial charge in [0, 0.05) is 37.8 Å². The zero-order valence-electron chi connectivity index (χ0n) is 16.0. The Kier molecular flexibility index (Phi) is 6.89. The monoisotopic (exact) mass is 435 g/mol. The fourth-order valence-electron chi connectivity index (χ4n) is 2.77. The van der Waals surface area contributed by atoms with Crippen molar-refractivity contribution in [1.29, 1.82) is 0 Å². The summed E-state index contributed by atoms with van der Waals surface area (Å²) in [5, 5.41) is 1.43. The maximum Gasteiger partial charge on any atom is 0.260 e. The summed E-state index contributed by atoms with van der Waals surface area (Å²) in [7, 11) is -1.64. The molecule has 1 aromatic carbocycles. The van der Waals surface area contributed by atoms with Crippen LogP contribution in [0.3, 0.4) is 0 Å². The molecule has 29 heavy (non-hydrogen) atoms. The molecule has 0 spiro atoms. The normalized spacial score (nSPS) is 15.6. The molecule has 1 fully saturated rings. The van der Waals surface area contributed by atoms with Gasteiger partial charge < -0.3 is 14.5 Å². The molecule has 1 aliphatic rings. The zero-order chi connectivity index (χ0) is 20.9. The smallest absolute Gasteiger partial charge is 0.260 e. The third-order valence-corrected chi connectivity index (χ3v) is 6.31. The van der Waals surface area contributed by atoms with E-state index in [2.05, 4.69) is 9.88 Å². The number of benzene rings is 1. The largest absolute Gasteiger partial charge is 0.484 e. The van der Waals surface area contributed by atoms with Crippen LogP contribution in [0, 0.1) is 0 Å². The van der Waals surface area contributed by atoms with E-state index in [9.17, 15) is 13.2 Å². The van der Waals surface area contributed by atoms with Crippen LogP contribution >= 0.6 is 11.6 Å². The highest BCUT2D eigenvalue weighted by Gasteiger charge is 2.19. The van der Waals surface area contributed by atoms with Crippen molar-refractivity contribution < 1.29 is 17.9 Å². The molecule has 7 nitrogen and oxygen atoms in total. The van der Waals surface area contributed by atoms with Crippen LogP contribution in [0.15, 0.2) is 52.9 Å². The number of pyridine rings is 1. The SMILES string of the molecule is CN1CCN(C(=O)COc2ccc(S(=O)(=O)/C=C/c3ncccc3Cl)cc2)CC1. The second kappa shape index (κ2) is 9.39. The number of aromatic nitrogens is 1. The zero-order valence-corrected chi connectivity index (χ0v) is 17.6. The lowest BCUT2D eigenvalue weighted by Crippen LogP contribution is -2.48. The number of rotatable bonds is 6. The van der Waals surface area contributed by atoms with Gasteiger partial charge in [0.05, 0.1) is 15.6 Å². The average Bonchev–Trinajstić information content (AvgIpc) is 2.72. The fraction of sp³-hybridized carbons (Fsp3) is 0.300. The van der Waals surface area contributed by atoms with Gasteiger partial charge in [-0.25, -0.2) is 8.42 Å². The number of carbonyl (C=O) groups excluding carboxylic acids is 1. The molecular formula is C20H22ClN3O4S. The lowest BCUT2D eigenvalue weighted by atomic mass is 10.3. The molecule has 1 amide bonds. The molecule has 0 N–H and O–H groups in total. The topological polar surface area (TPSA) is 79.8 Å². The third kappa shape index (κ3) is 5.79. The molecule has 154 valence electrons. The van der Waals surface area contributed by atoms with Crippen LogP contribution in [-0.4, -0.2) is 68.9 Å². The van der Waals surface area contributed by atoms with E-state index < -0.39 is 9.84 Å². The van der Waals surface area contributed by atoms with Crippen LogP contribution in [0.1, 0.15) is 5.69 Å². The minimum absolute atomic E-state index is 0.0755. The molecule has 0 radical (unpaired) electrons. The summed E-state index contributed by atoms with van der Waals surface area (Å²) in [6.07, 6.45) is 2.89. The molecule has 1 aromatic heterocycles. The number of likely N-dealkylation sites (N-methyl/N-ethyl adjacent to an activating group) is 1. The van der Waals surface area contributed by atoms with E-state index >= 15 is 0 Å². The van der Waals surface area contributed by atoms with Crippen molar-refractivity contribution in [3.63, 3.8) is 0 Å². The Morgan fingerprint density at radius 1 is 1.17 bits per heavy atom. The number of carbonyl (C=O) groups is 1. The summed E-state index contributed by atoms with van der Waals surface area (Å²) in [4.78, 5) is 20.3. The van der Waals surface area contributed by atoms with E-state index in [0.717, 1.165) is 18.5 Å². The van der Waals surface area contributed by atoms with E-state index in [-0.39, 0.29) is 17.4 Å². The molecular weight excluding hydrogens is 414 g/mol. The third-order valence-electron chi connectivity index (χ3n) is 4.56. The number of nitrogens with zero attached hydrogens (tertiary/aromatic N) is 3. The average molecular weight is 436 g/mol. The van der Waals surface area contributed by atoms with Gasteiger partial charge in [0.2, 0.25) is 0 Å². The highest BCUT2D eigenvalue weighted by molar-refractivity contribution is 7.94. The van der Waals surface area contributed by atoms with Gasteiger partial charge >= 0.3 is 0 Å². The molecule has 2 aromatic rings. The van der Waals surface area contributed by atoms with Gasteiger partial charge in [-0.2, -0.15) is 0 Å². The van der Waals surface area contributed by atoms with Crippen molar-refractivity contribution in [3.05, 3.63) is 58.7 Å². The Labute approximate surface area is 175 Å². The Hall–Kier alpha value is -2.42. The molecule has 1 aliphatic heterocycles. The number of amides is 1. The van der Waals surface area contributed by atoms with Crippen molar-refractivity contribution in [2.24, 2.45) is 0 Å². The Bertz CT molecular complexity index is 985. The van der Waals surface area contributed by atoms with Gasteiger partial charge in [0.15, 0.2) is 16.4 Å². The Morgan fingerprint density at radius 3 is 2.52 bits per heavy atom. The number of hydrogen-bond donors (Lipinski definition) is 0. The lowest BCUT2D eigenvalue weighted by Gasteiger charge is -2.32. The summed E-state index contributed by atoms with van der Waals surface area (Å²) >= 11 is 5.98.